The van der Waals surface area contributed by atoms with E-state index in [1.54, 1.807) is 6.20 Å². The molecule has 0 radical (unpaired) electrons. The molecule has 0 aliphatic rings. The number of rotatable bonds is 3. The third-order valence-corrected chi connectivity index (χ3v) is 2.85. The van der Waals surface area contributed by atoms with Crippen LogP contribution in [0.25, 0.3) is 0 Å². The highest BCUT2D eigenvalue weighted by atomic mass is 15.3. The van der Waals surface area contributed by atoms with E-state index in [9.17, 15) is 0 Å². The lowest BCUT2D eigenvalue weighted by molar-refractivity contribution is 0.731. The summed E-state index contributed by atoms with van der Waals surface area (Å²) in [7, 11) is 3.95. The zero-order valence-corrected chi connectivity index (χ0v) is 10.2. The maximum Gasteiger partial charge on any atom is 0.127 e. The Labute approximate surface area is 95.1 Å². The summed E-state index contributed by atoms with van der Waals surface area (Å²) in [6, 6.07) is 0. The molecule has 2 aromatic heterocycles. The number of nitrogens with zero attached hydrogens (tertiary/aromatic N) is 4. The van der Waals surface area contributed by atoms with Crippen LogP contribution in [-0.4, -0.2) is 19.3 Å². The van der Waals surface area contributed by atoms with E-state index in [4.69, 9.17) is 0 Å². The number of imidazole rings is 1. The summed E-state index contributed by atoms with van der Waals surface area (Å²) in [4.78, 5) is 4.27. The molecule has 2 rings (SSSR count). The standard InChI is InChI=1S/C11H17N5/c1-8-11(9(2)16(4)14-8)13-7-10-12-5-6-15(10)3/h5-6,13H,7H2,1-4H3. The maximum atomic E-state index is 4.36. The Morgan fingerprint density at radius 2 is 2.06 bits per heavy atom. The Morgan fingerprint density at radius 3 is 2.56 bits per heavy atom. The van der Waals surface area contributed by atoms with Gasteiger partial charge in [0.1, 0.15) is 5.82 Å². The SMILES string of the molecule is Cc1nn(C)c(C)c1NCc1nccn1C. The van der Waals surface area contributed by atoms with Crippen molar-refractivity contribution in [2.24, 2.45) is 14.1 Å². The highest BCUT2D eigenvalue weighted by molar-refractivity contribution is 5.51. The molecular formula is C11H17N5. The van der Waals surface area contributed by atoms with E-state index in [1.807, 2.05) is 36.5 Å². The third kappa shape index (κ3) is 1.80. The summed E-state index contributed by atoms with van der Waals surface area (Å²) < 4.78 is 3.89. The highest BCUT2D eigenvalue weighted by Crippen LogP contribution is 2.18. The molecule has 0 saturated carbocycles. The summed E-state index contributed by atoms with van der Waals surface area (Å²) in [6.45, 7) is 4.78. The van der Waals surface area contributed by atoms with Crippen LogP contribution in [0.1, 0.15) is 17.2 Å². The van der Waals surface area contributed by atoms with Crippen molar-refractivity contribution in [3.05, 3.63) is 29.6 Å². The van der Waals surface area contributed by atoms with Gasteiger partial charge in [0.15, 0.2) is 0 Å². The van der Waals surface area contributed by atoms with Crippen LogP contribution >= 0.6 is 0 Å². The predicted octanol–water partition coefficient (Wildman–Crippen LogP) is 1.38. The molecule has 0 spiro atoms. The zero-order chi connectivity index (χ0) is 11.7. The Bertz CT molecular complexity index is 494. The first-order valence-electron chi connectivity index (χ1n) is 5.30. The first-order valence-corrected chi connectivity index (χ1v) is 5.30. The molecule has 0 fully saturated rings. The van der Waals surface area contributed by atoms with E-state index >= 15 is 0 Å². The second-order valence-corrected chi connectivity index (χ2v) is 3.98. The van der Waals surface area contributed by atoms with Crippen molar-refractivity contribution < 1.29 is 0 Å². The monoisotopic (exact) mass is 219 g/mol. The van der Waals surface area contributed by atoms with Crippen molar-refractivity contribution in [2.45, 2.75) is 20.4 Å². The molecule has 16 heavy (non-hydrogen) atoms. The molecule has 0 bridgehead atoms. The first-order chi connectivity index (χ1) is 7.59. The fraction of sp³-hybridized carbons (Fsp3) is 0.455. The molecule has 0 amide bonds. The summed E-state index contributed by atoms with van der Waals surface area (Å²) in [5.74, 6) is 1.02. The summed E-state index contributed by atoms with van der Waals surface area (Å²) in [6.07, 6.45) is 3.75. The lowest BCUT2D eigenvalue weighted by atomic mass is 10.3. The van der Waals surface area contributed by atoms with Gasteiger partial charge in [-0.3, -0.25) is 4.68 Å². The molecule has 5 nitrogen and oxygen atoms in total. The Kier molecular flexibility index (Phi) is 2.68. The fourth-order valence-electron chi connectivity index (χ4n) is 1.76. The summed E-state index contributed by atoms with van der Waals surface area (Å²) in [5.41, 5.74) is 3.27. The minimum atomic E-state index is 0.719. The molecule has 0 atom stereocenters. The quantitative estimate of drug-likeness (QED) is 0.848. The average molecular weight is 219 g/mol. The molecule has 86 valence electrons. The van der Waals surface area contributed by atoms with Gasteiger partial charge in [0.2, 0.25) is 0 Å². The van der Waals surface area contributed by atoms with Crippen LogP contribution in [0, 0.1) is 13.8 Å². The number of aryl methyl sites for hydroxylation is 3. The van der Waals surface area contributed by atoms with Gasteiger partial charge < -0.3 is 9.88 Å². The number of nitrogens with one attached hydrogen (secondary N) is 1. The van der Waals surface area contributed by atoms with Crippen molar-refractivity contribution in [2.75, 3.05) is 5.32 Å². The minimum absolute atomic E-state index is 0.719. The van der Waals surface area contributed by atoms with Gasteiger partial charge >= 0.3 is 0 Å². The molecule has 2 heterocycles. The van der Waals surface area contributed by atoms with E-state index in [1.165, 1.54) is 0 Å². The van der Waals surface area contributed by atoms with Gasteiger partial charge in [-0.15, -0.1) is 0 Å². The molecule has 2 aromatic rings. The van der Waals surface area contributed by atoms with Crippen LogP contribution in [0.4, 0.5) is 5.69 Å². The number of hydrogen-bond donors (Lipinski definition) is 1. The lowest BCUT2D eigenvalue weighted by Crippen LogP contribution is -2.06. The largest absolute Gasteiger partial charge is 0.375 e. The van der Waals surface area contributed by atoms with Gasteiger partial charge in [0.25, 0.3) is 0 Å². The van der Waals surface area contributed by atoms with Gasteiger partial charge in [0.05, 0.1) is 23.6 Å². The number of anilines is 1. The van der Waals surface area contributed by atoms with Gasteiger partial charge in [0, 0.05) is 26.5 Å². The molecule has 0 aliphatic carbocycles. The second-order valence-electron chi connectivity index (χ2n) is 3.98. The number of hydrogen-bond acceptors (Lipinski definition) is 3. The van der Waals surface area contributed by atoms with Crippen LogP contribution in [0.15, 0.2) is 12.4 Å². The topological polar surface area (TPSA) is 47.7 Å². The van der Waals surface area contributed by atoms with E-state index in [-0.39, 0.29) is 0 Å². The van der Waals surface area contributed by atoms with E-state index < -0.39 is 0 Å². The number of aromatic nitrogens is 4. The second kappa shape index (κ2) is 4.00. The van der Waals surface area contributed by atoms with E-state index in [0.717, 1.165) is 29.4 Å². The van der Waals surface area contributed by atoms with Crippen molar-refractivity contribution >= 4 is 5.69 Å². The Hall–Kier alpha value is -1.78. The van der Waals surface area contributed by atoms with Crippen LogP contribution in [0.3, 0.4) is 0 Å². The molecule has 0 unspecified atom stereocenters. The fourth-order valence-corrected chi connectivity index (χ4v) is 1.76. The van der Waals surface area contributed by atoms with Crippen molar-refractivity contribution in [1.82, 2.24) is 19.3 Å². The van der Waals surface area contributed by atoms with Crippen molar-refractivity contribution in [3.63, 3.8) is 0 Å². The Morgan fingerprint density at radius 1 is 1.31 bits per heavy atom. The molecule has 0 aliphatic heterocycles. The minimum Gasteiger partial charge on any atom is -0.375 e. The van der Waals surface area contributed by atoms with Crippen LogP contribution in [-0.2, 0) is 20.6 Å². The molecule has 5 heteroatoms. The predicted molar refractivity (Wildman–Crippen MR) is 63.2 cm³/mol. The smallest absolute Gasteiger partial charge is 0.127 e. The van der Waals surface area contributed by atoms with Gasteiger partial charge in [-0.1, -0.05) is 0 Å². The van der Waals surface area contributed by atoms with Crippen LogP contribution in [0.2, 0.25) is 0 Å². The van der Waals surface area contributed by atoms with E-state index in [2.05, 4.69) is 22.3 Å². The average Bonchev–Trinajstić information content (AvgIpc) is 2.72. The normalized spacial score (nSPS) is 10.8. The zero-order valence-electron chi connectivity index (χ0n) is 10.2. The van der Waals surface area contributed by atoms with E-state index in [0.29, 0.717) is 0 Å². The molecule has 0 aromatic carbocycles. The van der Waals surface area contributed by atoms with Crippen LogP contribution < -0.4 is 5.32 Å². The lowest BCUT2D eigenvalue weighted by Gasteiger charge is -2.06. The van der Waals surface area contributed by atoms with Crippen molar-refractivity contribution in [3.8, 4) is 0 Å². The molecule has 0 saturated heterocycles. The summed E-state index contributed by atoms with van der Waals surface area (Å²) >= 11 is 0. The van der Waals surface area contributed by atoms with Gasteiger partial charge in [-0.05, 0) is 13.8 Å². The highest BCUT2D eigenvalue weighted by Gasteiger charge is 2.09. The van der Waals surface area contributed by atoms with Gasteiger partial charge in [-0.2, -0.15) is 5.10 Å². The third-order valence-electron chi connectivity index (χ3n) is 2.85. The first kappa shape index (κ1) is 10.7. The van der Waals surface area contributed by atoms with Crippen LogP contribution in [0.5, 0.6) is 0 Å². The maximum absolute atomic E-state index is 4.36. The van der Waals surface area contributed by atoms with Gasteiger partial charge in [-0.25, -0.2) is 4.98 Å². The Balaban J connectivity index is 2.13. The molecular weight excluding hydrogens is 202 g/mol. The van der Waals surface area contributed by atoms with Crippen molar-refractivity contribution in [1.29, 1.82) is 0 Å². The molecule has 1 N–H and O–H groups in total. The summed E-state index contributed by atoms with van der Waals surface area (Å²) in [5, 5.41) is 7.74.